The summed E-state index contributed by atoms with van der Waals surface area (Å²) in [6.07, 6.45) is 2.12. The monoisotopic (exact) mass is 532 g/mol. The fourth-order valence-corrected chi connectivity index (χ4v) is 4.72. The molecule has 0 aliphatic carbocycles. The number of imidazole rings is 1. The Hall–Kier alpha value is -4.34. The number of ether oxygens (including phenoxy) is 1. The highest BCUT2D eigenvalue weighted by Gasteiger charge is 2.48. The summed E-state index contributed by atoms with van der Waals surface area (Å²) in [5.74, 6) is -0.355. The van der Waals surface area contributed by atoms with Crippen LogP contribution in [0.2, 0.25) is 0 Å². The average molecular weight is 533 g/mol. The van der Waals surface area contributed by atoms with Crippen molar-refractivity contribution in [1.29, 1.82) is 0 Å². The van der Waals surface area contributed by atoms with E-state index in [-0.39, 0.29) is 29.7 Å². The van der Waals surface area contributed by atoms with E-state index >= 15 is 0 Å². The fourth-order valence-electron chi connectivity index (χ4n) is 4.72. The Morgan fingerprint density at radius 1 is 1.03 bits per heavy atom. The SMILES string of the molecule is CCCN1C(=O)c2c(C(=O)NCc3ccc(N(C)C)cc3)ncn2CC1(C)C(=O)NCc1ccc(OC)cc1. The molecule has 0 saturated heterocycles. The van der Waals surface area contributed by atoms with Crippen LogP contribution >= 0.6 is 0 Å². The molecule has 0 fully saturated rings. The fraction of sp³-hybridized carbons (Fsp3) is 0.379. The minimum Gasteiger partial charge on any atom is -0.497 e. The maximum absolute atomic E-state index is 13.7. The van der Waals surface area contributed by atoms with E-state index in [0.29, 0.717) is 26.1 Å². The summed E-state index contributed by atoms with van der Waals surface area (Å²) < 4.78 is 6.80. The minimum atomic E-state index is -1.14. The van der Waals surface area contributed by atoms with E-state index in [1.165, 1.54) is 6.33 Å². The Morgan fingerprint density at radius 2 is 1.64 bits per heavy atom. The number of amides is 3. The Balaban J connectivity index is 1.49. The summed E-state index contributed by atoms with van der Waals surface area (Å²) >= 11 is 0. The van der Waals surface area contributed by atoms with Gasteiger partial charge in [-0.3, -0.25) is 14.4 Å². The first-order chi connectivity index (χ1) is 18.7. The van der Waals surface area contributed by atoms with Crippen LogP contribution < -0.4 is 20.3 Å². The summed E-state index contributed by atoms with van der Waals surface area (Å²) in [4.78, 5) is 48.1. The molecule has 2 N–H and O–H groups in total. The van der Waals surface area contributed by atoms with E-state index < -0.39 is 11.4 Å². The second-order valence-electron chi connectivity index (χ2n) is 10.1. The molecule has 0 saturated carbocycles. The Labute approximate surface area is 229 Å². The second kappa shape index (κ2) is 11.6. The molecule has 1 aliphatic heterocycles. The molecule has 206 valence electrons. The molecule has 3 amide bonds. The van der Waals surface area contributed by atoms with Crippen molar-refractivity contribution < 1.29 is 19.1 Å². The highest BCUT2D eigenvalue weighted by Crippen LogP contribution is 2.29. The molecule has 4 rings (SSSR count). The zero-order chi connectivity index (χ0) is 28.2. The second-order valence-corrected chi connectivity index (χ2v) is 10.1. The summed E-state index contributed by atoms with van der Waals surface area (Å²) in [5, 5.41) is 5.85. The number of fused-ring (bicyclic) bond motifs is 1. The van der Waals surface area contributed by atoms with Crippen LogP contribution in [0.3, 0.4) is 0 Å². The van der Waals surface area contributed by atoms with Gasteiger partial charge in [-0.05, 0) is 48.7 Å². The molecule has 0 bridgehead atoms. The zero-order valence-electron chi connectivity index (χ0n) is 23.2. The topological polar surface area (TPSA) is 109 Å². The number of anilines is 1. The molecule has 1 atom stereocenters. The zero-order valence-corrected chi connectivity index (χ0v) is 23.2. The normalized spacial score (nSPS) is 16.4. The maximum Gasteiger partial charge on any atom is 0.273 e. The first-order valence-electron chi connectivity index (χ1n) is 13.0. The van der Waals surface area contributed by atoms with Gasteiger partial charge >= 0.3 is 0 Å². The Bertz CT molecular complexity index is 1330. The van der Waals surface area contributed by atoms with Gasteiger partial charge in [0.1, 0.15) is 17.0 Å². The van der Waals surface area contributed by atoms with Crippen LogP contribution in [0.1, 0.15) is 52.4 Å². The van der Waals surface area contributed by atoms with Gasteiger partial charge in [-0.2, -0.15) is 0 Å². The van der Waals surface area contributed by atoms with E-state index in [9.17, 15) is 14.4 Å². The van der Waals surface area contributed by atoms with Crippen LogP contribution in [0.4, 0.5) is 5.69 Å². The van der Waals surface area contributed by atoms with E-state index in [2.05, 4.69) is 15.6 Å². The Morgan fingerprint density at radius 3 is 2.23 bits per heavy atom. The molecule has 2 heterocycles. The number of hydrogen-bond donors (Lipinski definition) is 2. The minimum absolute atomic E-state index is 0.0618. The van der Waals surface area contributed by atoms with Crippen LogP contribution in [-0.4, -0.2) is 65.5 Å². The van der Waals surface area contributed by atoms with Crippen molar-refractivity contribution in [1.82, 2.24) is 25.1 Å². The Kier molecular flexibility index (Phi) is 8.23. The van der Waals surface area contributed by atoms with Crippen LogP contribution in [0, 0.1) is 0 Å². The molecule has 3 aromatic rings. The van der Waals surface area contributed by atoms with Gasteiger partial charge in [0.05, 0.1) is 20.0 Å². The van der Waals surface area contributed by atoms with Crippen molar-refractivity contribution in [3.8, 4) is 5.75 Å². The van der Waals surface area contributed by atoms with Gasteiger partial charge in [-0.1, -0.05) is 31.2 Å². The number of carbonyl (C=O) groups excluding carboxylic acids is 3. The van der Waals surface area contributed by atoms with E-state index in [1.54, 1.807) is 23.5 Å². The lowest BCUT2D eigenvalue weighted by Gasteiger charge is -2.43. The highest BCUT2D eigenvalue weighted by atomic mass is 16.5. The van der Waals surface area contributed by atoms with Gasteiger partial charge in [0.2, 0.25) is 5.91 Å². The molecular weight excluding hydrogens is 496 g/mol. The number of nitrogens with one attached hydrogen (secondary N) is 2. The quantitative estimate of drug-likeness (QED) is 0.416. The number of benzene rings is 2. The van der Waals surface area contributed by atoms with Gasteiger partial charge < -0.3 is 29.7 Å². The lowest BCUT2D eigenvalue weighted by atomic mass is 9.93. The number of aromatic nitrogens is 2. The molecule has 1 aromatic heterocycles. The summed E-state index contributed by atoms with van der Waals surface area (Å²) in [6.45, 7) is 4.88. The van der Waals surface area contributed by atoms with Gasteiger partial charge in [0.25, 0.3) is 11.8 Å². The van der Waals surface area contributed by atoms with Crippen LogP contribution in [0.5, 0.6) is 5.75 Å². The largest absolute Gasteiger partial charge is 0.497 e. The molecule has 39 heavy (non-hydrogen) atoms. The molecular formula is C29H36N6O4. The van der Waals surface area contributed by atoms with Gasteiger partial charge in [0.15, 0.2) is 5.69 Å². The van der Waals surface area contributed by atoms with Crippen molar-refractivity contribution in [2.75, 3.05) is 32.6 Å². The lowest BCUT2D eigenvalue weighted by Crippen LogP contribution is -2.64. The molecule has 0 radical (unpaired) electrons. The van der Waals surface area contributed by atoms with Crippen molar-refractivity contribution in [3.05, 3.63) is 77.4 Å². The first-order valence-corrected chi connectivity index (χ1v) is 13.0. The standard InChI is InChI=1S/C29H36N6O4/c1-6-15-35-27(37)25-24(26(36)30-16-20-7-11-22(12-8-20)33(3)4)32-19-34(25)18-29(35,2)28(38)31-17-21-9-13-23(39-5)14-10-21/h7-14,19H,6,15-18H2,1-5H3,(H,30,36)(H,31,38). The van der Waals surface area contributed by atoms with Crippen LogP contribution in [0.25, 0.3) is 0 Å². The van der Waals surface area contributed by atoms with Crippen molar-refractivity contribution in [3.63, 3.8) is 0 Å². The average Bonchev–Trinajstić information content (AvgIpc) is 3.36. The smallest absolute Gasteiger partial charge is 0.273 e. The third-order valence-electron chi connectivity index (χ3n) is 7.03. The van der Waals surface area contributed by atoms with Crippen LogP contribution in [0.15, 0.2) is 54.9 Å². The summed E-state index contributed by atoms with van der Waals surface area (Å²) in [6, 6.07) is 15.3. The summed E-state index contributed by atoms with van der Waals surface area (Å²) in [5.41, 5.74) is 2.02. The molecule has 1 unspecified atom stereocenters. The van der Waals surface area contributed by atoms with Crippen LogP contribution in [-0.2, 0) is 24.4 Å². The van der Waals surface area contributed by atoms with E-state index in [4.69, 9.17) is 4.74 Å². The molecule has 10 heteroatoms. The third kappa shape index (κ3) is 5.74. The maximum atomic E-state index is 13.7. The molecule has 10 nitrogen and oxygen atoms in total. The number of rotatable bonds is 10. The third-order valence-corrected chi connectivity index (χ3v) is 7.03. The molecule has 2 aromatic carbocycles. The predicted molar refractivity (Wildman–Crippen MR) is 149 cm³/mol. The highest BCUT2D eigenvalue weighted by molar-refractivity contribution is 6.07. The lowest BCUT2D eigenvalue weighted by molar-refractivity contribution is -0.133. The van der Waals surface area contributed by atoms with Crippen molar-refractivity contribution in [2.45, 2.75) is 45.4 Å². The van der Waals surface area contributed by atoms with Crippen molar-refractivity contribution >= 4 is 23.4 Å². The number of hydrogen-bond acceptors (Lipinski definition) is 6. The van der Waals surface area contributed by atoms with E-state index in [0.717, 1.165) is 22.6 Å². The predicted octanol–water partition coefficient (Wildman–Crippen LogP) is 2.83. The number of carbonyl (C=O) groups is 3. The number of nitrogens with zero attached hydrogens (tertiary/aromatic N) is 4. The van der Waals surface area contributed by atoms with Gasteiger partial charge in [-0.15, -0.1) is 0 Å². The summed E-state index contributed by atoms with van der Waals surface area (Å²) in [7, 11) is 5.53. The van der Waals surface area contributed by atoms with Gasteiger partial charge in [-0.25, -0.2) is 4.98 Å². The molecule has 0 spiro atoms. The van der Waals surface area contributed by atoms with Gasteiger partial charge in [0, 0.05) is 39.4 Å². The first kappa shape index (κ1) is 27.7. The number of methoxy groups -OCH3 is 1. The van der Waals surface area contributed by atoms with E-state index in [1.807, 2.05) is 74.4 Å². The molecule has 1 aliphatic rings. The van der Waals surface area contributed by atoms with Crippen molar-refractivity contribution in [2.24, 2.45) is 0 Å².